The number of rotatable bonds is 10. The van der Waals surface area contributed by atoms with Crippen molar-refractivity contribution in [2.24, 2.45) is 0 Å². The number of halogens is 3. The van der Waals surface area contributed by atoms with E-state index in [9.17, 15) is 37.8 Å². The molecule has 1 saturated heterocycles. The van der Waals surface area contributed by atoms with E-state index in [1.807, 2.05) is 13.8 Å². The Morgan fingerprint density at radius 2 is 1.72 bits per heavy atom. The molecule has 1 heterocycles. The first-order valence-corrected chi connectivity index (χ1v) is 16.0. The number of aromatic hydroxyl groups is 2. The van der Waals surface area contributed by atoms with Crippen molar-refractivity contribution in [2.45, 2.75) is 74.5 Å². The molecule has 1 aliphatic heterocycles. The molecule has 11 heteroatoms. The summed E-state index contributed by atoms with van der Waals surface area (Å²) in [5.41, 5.74) is 0.477. The topological polar surface area (TPSA) is 101 Å². The highest BCUT2D eigenvalue weighted by atomic mass is 32.2. The highest BCUT2D eigenvalue weighted by Gasteiger charge is 2.36. The molecule has 2 aliphatic rings. The fourth-order valence-electron chi connectivity index (χ4n) is 4.97. The number of carbonyl (C=O) groups is 3. The molecule has 6 nitrogen and oxygen atoms in total. The molecule has 0 bridgehead atoms. The van der Waals surface area contributed by atoms with Gasteiger partial charge in [-0.05, 0) is 74.8 Å². The van der Waals surface area contributed by atoms with E-state index in [1.54, 1.807) is 41.7 Å². The third-order valence-corrected chi connectivity index (χ3v) is 10.4. The molecule has 230 valence electrons. The average molecular weight is 635 g/mol. The molecule has 0 saturated carbocycles. The summed E-state index contributed by atoms with van der Waals surface area (Å²) >= 11 is 3.46. The monoisotopic (exact) mass is 634 g/mol. The van der Waals surface area contributed by atoms with Gasteiger partial charge in [-0.1, -0.05) is 30.2 Å². The van der Waals surface area contributed by atoms with Crippen LogP contribution in [-0.2, 0) is 15.7 Å². The lowest BCUT2D eigenvalue weighted by atomic mass is 9.85. The molecule has 0 amide bonds. The maximum absolute atomic E-state index is 13.3. The summed E-state index contributed by atoms with van der Waals surface area (Å²) in [4.78, 5) is 38.9. The number of benzene rings is 2. The molecule has 2 aromatic rings. The Kier molecular flexibility index (Phi) is 10.7. The first kappa shape index (κ1) is 32.7. The summed E-state index contributed by atoms with van der Waals surface area (Å²) in [6.07, 6.45) is 0.829. The normalized spacial score (nSPS) is 19.3. The van der Waals surface area contributed by atoms with Crippen molar-refractivity contribution in [3.8, 4) is 11.5 Å². The second kappa shape index (κ2) is 14.1. The number of thioether (sulfide) groups is 2. The van der Waals surface area contributed by atoms with Crippen molar-refractivity contribution in [3.05, 3.63) is 82.0 Å². The van der Waals surface area contributed by atoms with Crippen LogP contribution < -0.4 is 0 Å². The average Bonchev–Trinajstić information content (AvgIpc) is 2.96. The third kappa shape index (κ3) is 8.26. The smallest absolute Gasteiger partial charge is 0.416 e. The molecule has 1 aliphatic carbocycles. The van der Waals surface area contributed by atoms with Gasteiger partial charge in [-0.25, -0.2) is 0 Å². The Morgan fingerprint density at radius 1 is 1.05 bits per heavy atom. The van der Waals surface area contributed by atoms with Gasteiger partial charge in [-0.3, -0.25) is 14.4 Å². The summed E-state index contributed by atoms with van der Waals surface area (Å²) in [7, 11) is 0. The number of fused-ring (bicyclic) bond motifs is 1. The van der Waals surface area contributed by atoms with E-state index >= 15 is 0 Å². The van der Waals surface area contributed by atoms with Crippen molar-refractivity contribution >= 4 is 41.1 Å². The number of hydrogen-bond donors (Lipinski definition) is 2. The number of ether oxygens (including phenoxy) is 1. The second-order valence-electron chi connectivity index (χ2n) is 10.8. The fourth-order valence-corrected chi connectivity index (χ4v) is 8.40. The van der Waals surface area contributed by atoms with Crippen molar-refractivity contribution < 1.29 is 42.5 Å². The highest BCUT2D eigenvalue weighted by molar-refractivity contribution is 8.17. The molecular formula is C32H33F3O6S2. The van der Waals surface area contributed by atoms with Crippen molar-refractivity contribution in [2.75, 3.05) is 5.75 Å². The molecule has 1 unspecified atom stereocenters. The predicted molar refractivity (Wildman–Crippen MR) is 162 cm³/mol. The number of Topliss-reactive ketones (excluding diaryl/α,β-unsaturated/α-hetero) is 1. The lowest BCUT2D eigenvalue weighted by Gasteiger charge is -2.29. The van der Waals surface area contributed by atoms with Crippen LogP contribution in [0.25, 0.3) is 0 Å². The maximum Gasteiger partial charge on any atom is 0.416 e. The predicted octanol–water partition coefficient (Wildman–Crippen LogP) is 8.19. The minimum atomic E-state index is -4.36. The number of phenols is 2. The van der Waals surface area contributed by atoms with Crippen molar-refractivity contribution in [1.82, 2.24) is 0 Å². The Bertz CT molecular complexity index is 1430. The molecule has 2 aromatic carbocycles. The van der Waals surface area contributed by atoms with Gasteiger partial charge in [0.05, 0.1) is 21.3 Å². The second-order valence-corrected chi connectivity index (χ2v) is 13.7. The lowest BCUT2D eigenvalue weighted by molar-refractivity contribution is -0.147. The van der Waals surface area contributed by atoms with Gasteiger partial charge in [0.1, 0.15) is 17.6 Å². The number of hydrogen-bond acceptors (Lipinski definition) is 8. The lowest BCUT2D eigenvalue weighted by Crippen LogP contribution is -2.29. The largest absolute Gasteiger partial charge is 0.507 e. The van der Waals surface area contributed by atoms with Crippen LogP contribution in [0.1, 0.15) is 88.8 Å². The number of allylic oxidation sites excluding steroid dienone is 2. The van der Waals surface area contributed by atoms with Crippen LogP contribution >= 0.6 is 23.5 Å². The molecular weight excluding hydrogens is 601 g/mol. The van der Waals surface area contributed by atoms with Crippen LogP contribution in [0.15, 0.2) is 59.7 Å². The molecule has 3 atom stereocenters. The van der Waals surface area contributed by atoms with Gasteiger partial charge < -0.3 is 14.9 Å². The molecule has 4 rings (SSSR count). The van der Waals surface area contributed by atoms with E-state index in [2.05, 4.69) is 0 Å². The molecule has 1 fully saturated rings. The van der Waals surface area contributed by atoms with Gasteiger partial charge in [0.15, 0.2) is 11.6 Å². The third-order valence-electron chi connectivity index (χ3n) is 7.24. The Hall–Kier alpha value is -3.18. The fraction of sp³-hybridized carbons (Fsp3) is 0.406. The van der Waals surface area contributed by atoms with E-state index in [4.69, 9.17) is 4.74 Å². The zero-order valence-electron chi connectivity index (χ0n) is 23.8. The number of phenolic OH excluding ortho intramolecular Hbond substituents is 2. The zero-order valence-corrected chi connectivity index (χ0v) is 25.4. The minimum Gasteiger partial charge on any atom is -0.507 e. The molecule has 0 radical (unpaired) electrons. The van der Waals surface area contributed by atoms with Crippen LogP contribution in [0.3, 0.4) is 0 Å². The van der Waals surface area contributed by atoms with Crippen molar-refractivity contribution in [1.29, 1.82) is 0 Å². The van der Waals surface area contributed by atoms with Crippen LogP contribution in [-0.4, -0.2) is 44.9 Å². The molecule has 0 aromatic heterocycles. The van der Waals surface area contributed by atoms with E-state index < -0.39 is 46.9 Å². The summed E-state index contributed by atoms with van der Waals surface area (Å²) in [5.74, 6) is -1.82. The van der Waals surface area contributed by atoms with Crippen molar-refractivity contribution in [3.63, 3.8) is 0 Å². The van der Waals surface area contributed by atoms with Gasteiger partial charge in [-0.2, -0.15) is 13.2 Å². The van der Waals surface area contributed by atoms with Gasteiger partial charge in [0, 0.05) is 23.7 Å². The summed E-state index contributed by atoms with van der Waals surface area (Å²) in [6.45, 7) is 3.70. The summed E-state index contributed by atoms with van der Waals surface area (Å²) < 4.78 is 44.5. The standard InChI is InChI=1S/C32H33F3O6S2/c1-18(2)7-14-26(22-17-25(38)28-23(36)12-13-24(37)29(28)30(22)40)41-27(39)6-4-3-5-21-15-16-42-31(43-21)19-8-10-20(11-9-19)32(33,34)35/h7-13,17,21,26,31,36-37H,3-6,14-16H2,1-2H3/t21-,26-,31?/m1/s1. The first-order valence-electron chi connectivity index (χ1n) is 14.0. The minimum absolute atomic E-state index is 0.0531. The number of unbranched alkanes of at least 4 members (excludes halogenated alkanes) is 1. The zero-order chi connectivity index (χ0) is 31.3. The van der Waals surface area contributed by atoms with Crippen LogP contribution in [0, 0.1) is 0 Å². The van der Waals surface area contributed by atoms with E-state index in [-0.39, 0.29) is 34.1 Å². The quantitative estimate of drug-likeness (QED) is 0.117. The Morgan fingerprint density at radius 3 is 2.37 bits per heavy atom. The van der Waals surface area contributed by atoms with Gasteiger partial charge in [-0.15, -0.1) is 23.5 Å². The molecule has 2 N–H and O–H groups in total. The highest BCUT2D eigenvalue weighted by Crippen LogP contribution is 2.48. The number of ketones is 2. The van der Waals surface area contributed by atoms with Crippen LogP contribution in [0.4, 0.5) is 13.2 Å². The van der Waals surface area contributed by atoms with Gasteiger partial charge in [0.25, 0.3) is 0 Å². The number of alkyl halides is 3. The molecule has 43 heavy (non-hydrogen) atoms. The van der Waals surface area contributed by atoms with E-state index in [1.165, 1.54) is 0 Å². The number of esters is 1. The Labute approximate surface area is 256 Å². The number of carbonyl (C=O) groups excluding carboxylic acids is 3. The molecule has 0 spiro atoms. The Balaban J connectivity index is 1.32. The van der Waals surface area contributed by atoms with Gasteiger partial charge >= 0.3 is 12.1 Å². The summed E-state index contributed by atoms with van der Waals surface area (Å²) in [5, 5.41) is 20.7. The van der Waals surface area contributed by atoms with E-state index in [0.717, 1.165) is 66.5 Å². The van der Waals surface area contributed by atoms with E-state index in [0.29, 0.717) is 11.7 Å². The van der Waals surface area contributed by atoms with Gasteiger partial charge in [0.2, 0.25) is 0 Å². The first-order chi connectivity index (χ1) is 20.3. The van der Waals surface area contributed by atoms with Crippen LogP contribution in [0.2, 0.25) is 0 Å². The summed E-state index contributed by atoms with van der Waals surface area (Å²) in [6, 6.07) is 7.59. The SMILES string of the molecule is CC(C)=CC[C@@H](OC(=O)CCCC[C@@H]1CCSC(c2ccc(C(F)(F)F)cc2)S1)C1=CC(=O)c2c(O)ccc(O)c2C1=O. The maximum atomic E-state index is 13.3. The van der Waals surface area contributed by atoms with Crippen LogP contribution in [0.5, 0.6) is 11.5 Å².